The number of rotatable bonds is 5. The van der Waals surface area contributed by atoms with E-state index in [1.54, 1.807) is 11.8 Å². The van der Waals surface area contributed by atoms with Gasteiger partial charge in [0.1, 0.15) is 0 Å². The molecule has 0 aromatic rings. The summed E-state index contributed by atoms with van der Waals surface area (Å²) in [6.07, 6.45) is 5.43. The standard InChI is InChI=1S/C10H20N2OS/c11-10(13)9-14-8-7-12-5-3-1-2-4-6-12/h1-9H2,(H2,11,13). The molecule has 1 saturated heterocycles. The van der Waals surface area contributed by atoms with Crippen LogP contribution in [-0.4, -0.2) is 41.9 Å². The predicted molar refractivity (Wildman–Crippen MR) is 61.4 cm³/mol. The first kappa shape index (κ1) is 11.9. The summed E-state index contributed by atoms with van der Waals surface area (Å²) in [5.41, 5.74) is 5.06. The van der Waals surface area contributed by atoms with Crippen molar-refractivity contribution < 1.29 is 4.79 Å². The number of primary amides is 1. The van der Waals surface area contributed by atoms with Crippen molar-refractivity contribution in [2.24, 2.45) is 5.73 Å². The van der Waals surface area contributed by atoms with Crippen LogP contribution in [0, 0.1) is 0 Å². The Balaban J connectivity index is 2.01. The zero-order chi connectivity index (χ0) is 10.2. The normalized spacial score (nSPS) is 19.1. The smallest absolute Gasteiger partial charge is 0.227 e. The number of nitrogens with zero attached hydrogens (tertiary/aromatic N) is 1. The molecule has 0 aromatic heterocycles. The summed E-state index contributed by atoms with van der Waals surface area (Å²) in [7, 11) is 0. The predicted octanol–water partition coefficient (Wildman–Crippen LogP) is 1.08. The van der Waals surface area contributed by atoms with Crippen LogP contribution >= 0.6 is 11.8 Å². The highest BCUT2D eigenvalue weighted by molar-refractivity contribution is 7.99. The Hall–Kier alpha value is -0.220. The summed E-state index contributed by atoms with van der Waals surface area (Å²) >= 11 is 1.65. The molecule has 0 bridgehead atoms. The fourth-order valence-electron chi connectivity index (χ4n) is 1.73. The Bertz CT molecular complexity index is 168. The van der Waals surface area contributed by atoms with Crippen LogP contribution in [0.15, 0.2) is 0 Å². The Labute approximate surface area is 90.4 Å². The first-order valence-electron chi connectivity index (χ1n) is 5.37. The molecule has 0 spiro atoms. The van der Waals surface area contributed by atoms with Crippen LogP contribution in [0.2, 0.25) is 0 Å². The highest BCUT2D eigenvalue weighted by atomic mass is 32.2. The molecule has 1 rings (SSSR count). The van der Waals surface area contributed by atoms with Crippen LogP contribution < -0.4 is 5.73 Å². The lowest BCUT2D eigenvalue weighted by Gasteiger charge is -2.18. The second-order valence-electron chi connectivity index (χ2n) is 3.77. The number of amides is 1. The van der Waals surface area contributed by atoms with Gasteiger partial charge in [-0.25, -0.2) is 0 Å². The van der Waals surface area contributed by atoms with E-state index in [0.29, 0.717) is 5.75 Å². The van der Waals surface area contributed by atoms with Crippen LogP contribution in [0.4, 0.5) is 0 Å². The van der Waals surface area contributed by atoms with E-state index in [1.165, 1.54) is 38.8 Å². The molecular formula is C10H20N2OS. The van der Waals surface area contributed by atoms with Gasteiger partial charge >= 0.3 is 0 Å². The molecule has 0 aromatic carbocycles. The third-order valence-corrected chi connectivity index (χ3v) is 3.45. The fraction of sp³-hybridized carbons (Fsp3) is 0.900. The van der Waals surface area contributed by atoms with Gasteiger partial charge in [0.2, 0.25) is 5.91 Å². The summed E-state index contributed by atoms with van der Waals surface area (Å²) in [6, 6.07) is 0. The van der Waals surface area contributed by atoms with Gasteiger partial charge in [0.05, 0.1) is 5.75 Å². The SMILES string of the molecule is NC(=O)CSCCN1CCCCCC1. The van der Waals surface area contributed by atoms with Gasteiger partial charge in [-0.05, 0) is 25.9 Å². The maximum atomic E-state index is 10.5. The minimum absolute atomic E-state index is 0.203. The highest BCUT2D eigenvalue weighted by Gasteiger charge is 2.08. The van der Waals surface area contributed by atoms with Crippen molar-refractivity contribution in [3.63, 3.8) is 0 Å². The molecule has 4 heteroatoms. The quantitative estimate of drug-likeness (QED) is 0.700. The maximum Gasteiger partial charge on any atom is 0.227 e. The first-order chi connectivity index (χ1) is 6.79. The van der Waals surface area contributed by atoms with Crippen LogP contribution in [0.3, 0.4) is 0 Å². The molecule has 1 heterocycles. The zero-order valence-corrected chi connectivity index (χ0v) is 9.52. The third kappa shape index (κ3) is 5.50. The van der Waals surface area contributed by atoms with Gasteiger partial charge < -0.3 is 10.6 Å². The lowest BCUT2D eigenvalue weighted by atomic mass is 10.2. The molecule has 1 fully saturated rings. The summed E-state index contributed by atoms with van der Waals surface area (Å²) in [6.45, 7) is 3.58. The van der Waals surface area contributed by atoms with Crippen molar-refractivity contribution in [3.8, 4) is 0 Å². The van der Waals surface area contributed by atoms with E-state index in [-0.39, 0.29) is 5.91 Å². The minimum atomic E-state index is -0.203. The Morgan fingerprint density at radius 3 is 2.43 bits per heavy atom. The van der Waals surface area contributed by atoms with Gasteiger partial charge in [0.15, 0.2) is 0 Å². The minimum Gasteiger partial charge on any atom is -0.369 e. The van der Waals surface area contributed by atoms with Gasteiger partial charge in [-0.1, -0.05) is 12.8 Å². The molecule has 14 heavy (non-hydrogen) atoms. The van der Waals surface area contributed by atoms with Gasteiger partial charge in [0.25, 0.3) is 0 Å². The number of carbonyl (C=O) groups is 1. The molecule has 0 radical (unpaired) electrons. The molecule has 1 aliphatic heterocycles. The van der Waals surface area contributed by atoms with Gasteiger partial charge in [0, 0.05) is 12.3 Å². The van der Waals surface area contributed by atoms with E-state index in [2.05, 4.69) is 4.90 Å². The van der Waals surface area contributed by atoms with E-state index in [0.717, 1.165) is 12.3 Å². The fourth-order valence-corrected chi connectivity index (χ4v) is 2.46. The van der Waals surface area contributed by atoms with Crippen molar-refractivity contribution in [1.29, 1.82) is 0 Å². The Morgan fingerprint density at radius 1 is 1.21 bits per heavy atom. The van der Waals surface area contributed by atoms with Gasteiger partial charge in [-0.2, -0.15) is 11.8 Å². The second-order valence-corrected chi connectivity index (χ2v) is 4.88. The van der Waals surface area contributed by atoms with E-state index < -0.39 is 0 Å². The number of likely N-dealkylation sites (tertiary alicyclic amines) is 1. The molecule has 1 amide bonds. The molecule has 0 saturated carbocycles. The van der Waals surface area contributed by atoms with Gasteiger partial charge in [-0.15, -0.1) is 0 Å². The summed E-state index contributed by atoms with van der Waals surface area (Å²) in [5, 5.41) is 0. The third-order valence-electron chi connectivity index (χ3n) is 2.49. The number of nitrogens with two attached hydrogens (primary N) is 1. The van der Waals surface area contributed by atoms with Crippen LogP contribution in [0.5, 0.6) is 0 Å². The van der Waals surface area contributed by atoms with Crippen molar-refractivity contribution in [2.75, 3.05) is 31.1 Å². The summed E-state index contributed by atoms with van der Waals surface area (Å²) in [5.74, 6) is 1.29. The highest BCUT2D eigenvalue weighted by Crippen LogP contribution is 2.10. The second kappa shape index (κ2) is 7.12. The average molecular weight is 216 g/mol. The van der Waals surface area contributed by atoms with Crippen molar-refractivity contribution in [2.45, 2.75) is 25.7 Å². The molecule has 1 aliphatic rings. The molecule has 0 aliphatic carbocycles. The van der Waals surface area contributed by atoms with Crippen molar-refractivity contribution in [1.82, 2.24) is 4.90 Å². The number of thioether (sulfide) groups is 1. The molecular weight excluding hydrogens is 196 g/mol. The molecule has 2 N–H and O–H groups in total. The lowest BCUT2D eigenvalue weighted by molar-refractivity contribution is -0.115. The van der Waals surface area contributed by atoms with Crippen LogP contribution in [0.1, 0.15) is 25.7 Å². The van der Waals surface area contributed by atoms with E-state index in [9.17, 15) is 4.79 Å². The number of carbonyl (C=O) groups excluding carboxylic acids is 1. The molecule has 0 unspecified atom stereocenters. The summed E-state index contributed by atoms with van der Waals surface area (Å²) < 4.78 is 0. The van der Waals surface area contributed by atoms with Crippen molar-refractivity contribution in [3.05, 3.63) is 0 Å². The molecule has 0 atom stereocenters. The van der Waals surface area contributed by atoms with E-state index >= 15 is 0 Å². The van der Waals surface area contributed by atoms with E-state index in [1.807, 2.05) is 0 Å². The largest absolute Gasteiger partial charge is 0.369 e. The van der Waals surface area contributed by atoms with Crippen LogP contribution in [0.25, 0.3) is 0 Å². The molecule has 82 valence electrons. The van der Waals surface area contributed by atoms with Crippen molar-refractivity contribution >= 4 is 17.7 Å². The number of hydrogen-bond acceptors (Lipinski definition) is 3. The molecule has 3 nitrogen and oxygen atoms in total. The zero-order valence-electron chi connectivity index (χ0n) is 8.71. The number of hydrogen-bond donors (Lipinski definition) is 1. The monoisotopic (exact) mass is 216 g/mol. The Kier molecular flexibility index (Phi) is 6.03. The maximum absolute atomic E-state index is 10.5. The van der Waals surface area contributed by atoms with Crippen LogP contribution in [-0.2, 0) is 4.79 Å². The summed E-state index contributed by atoms with van der Waals surface area (Å²) in [4.78, 5) is 13.0. The lowest BCUT2D eigenvalue weighted by Crippen LogP contribution is -2.27. The first-order valence-corrected chi connectivity index (χ1v) is 6.53. The topological polar surface area (TPSA) is 46.3 Å². The van der Waals surface area contributed by atoms with E-state index in [4.69, 9.17) is 5.73 Å². The average Bonchev–Trinajstić information content (AvgIpc) is 2.40. The van der Waals surface area contributed by atoms with Gasteiger partial charge in [-0.3, -0.25) is 4.79 Å². The Morgan fingerprint density at radius 2 is 1.86 bits per heavy atom.